The molecule has 2 aromatic carbocycles. The van der Waals surface area contributed by atoms with Crippen molar-refractivity contribution in [1.29, 1.82) is 0 Å². The summed E-state index contributed by atoms with van der Waals surface area (Å²) >= 11 is 5.57. The number of benzene rings is 2. The third-order valence-electron chi connectivity index (χ3n) is 3.34. The van der Waals surface area contributed by atoms with Crippen molar-refractivity contribution >= 4 is 34.1 Å². The van der Waals surface area contributed by atoms with E-state index in [0.29, 0.717) is 17.0 Å². The number of anilines is 1. The molecule has 0 aliphatic heterocycles. The van der Waals surface area contributed by atoms with Crippen LogP contribution in [0.1, 0.15) is 10.4 Å². The Morgan fingerprint density at radius 3 is 2.83 bits per heavy atom. The molecule has 0 spiro atoms. The minimum Gasteiger partial charge on any atom is -0.505 e. The number of aromatic nitrogens is 1. The average molecular weight is 329 g/mol. The van der Waals surface area contributed by atoms with Gasteiger partial charge in [0.25, 0.3) is 5.91 Å². The van der Waals surface area contributed by atoms with Crippen molar-refractivity contribution in [3.63, 3.8) is 0 Å². The molecule has 3 aromatic rings. The van der Waals surface area contributed by atoms with Gasteiger partial charge in [-0.3, -0.25) is 9.78 Å². The summed E-state index contributed by atoms with van der Waals surface area (Å²) in [5.41, 5.74) is 0.987. The maximum absolute atomic E-state index is 12.4. The van der Waals surface area contributed by atoms with E-state index in [-0.39, 0.29) is 17.4 Å². The lowest BCUT2D eigenvalue weighted by molar-refractivity contribution is 0.102. The van der Waals surface area contributed by atoms with Crippen LogP contribution in [0.2, 0.25) is 0 Å². The number of fused-ring (bicyclic) bond motifs is 1. The van der Waals surface area contributed by atoms with Crippen LogP contribution in [0.15, 0.2) is 54.7 Å². The number of hydrogen-bond acceptors (Lipinski definition) is 4. The molecule has 23 heavy (non-hydrogen) atoms. The number of para-hydroxylation sites is 2. The van der Waals surface area contributed by atoms with Crippen LogP contribution >= 0.6 is 11.6 Å². The van der Waals surface area contributed by atoms with Gasteiger partial charge >= 0.3 is 0 Å². The maximum Gasteiger partial charge on any atom is 0.259 e. The fourth-order valence-electron chi connectivity index (χ4n) is 2.26. The number of halogens is 1. The third kappa shape index (κ3) is 3.05. The predicted octanol–water partition coefficient (Wildman–Crippen LogP) is 3.77. The van der Waals surface area contributed by atoms with Gasteiger partial charge in [-0.05, 0) is 24.3 Å². The molecule has 0 atom stereocenters. The van der Waals surface area contributed by atoms with Crippen LogP contribution in [0.5, 0.6) is 11.5 Å². The second kappa shape index (κ2) is 6.54. The molecule has 6 heteroatoms. The number of ether oxygens (including phenoxy) is 1. The molecular weight excluding hydrogens is 316 g/mol. The van der Waals surface area contributed by atoms with Crippen molar-refractivity contribution < 1.29 is 14.6 Å². The molecule has 0 aliphatic carbocycles. The first kappa shape index (κ1) is 15.1. The van der Waals surface area contributed by atoms with E-state index in [9.17, 15) is 9.90 Å². The molecule has 3 rings (SSSR count). The van der Waals surface area contributed by atoms with Crippen molar-refractivity contribution in [3.8, 4) is 11.5 Å². The first-order valence-corrected chi connectivity index (χ1v) is 7.40. The van der Waals surface area contributed by atoms with Crippen molar-refractivity contribution in [1.82, 2.24) is 4.98 Å². The number of hydrogen-bond donors (Lipinski definition) is 2. The van der Waals surface area contributed by atoms with Crippen LogP contribution < -0.4 is 10.1 Å². The highest BCUT2D eigenvalue weighted by Crippen LogP contribution is 2.29. The molecule has 0 radical (unpaired) electrons. The number of alkyl halides is 1. The summed E-state index contributed by atoms with van der Waals surface area (Å²) in [5.74, 6) is -0.161. The van der Waals surface area contributed by atoms with Gasteiger partial charge in [0, 0.05) is 11.6 Å². The summed E-state index contributed by atoms with van der Waals surface area (Å²) in [5, 5.41) is 13.8. The molecule has 1 amide bonds. The first-order valence-electron chi connectivity index (χ1n) is 6.86. The Morgan fingerprint density at radius 1 is 1.17 bits per heavy atom. The Morgan fingerprint density at radius 2 is 2.00 bits per heavy atom. The number of amides is 1. The summed E-state index contributed by atoms with van der Waals surface area (Å²) in [6.07, 6.45) is 1.56. The lowest BCUT2D eigenvalue weighted by Gasteiger charge is -2.12. The van der Waals surface area contributed by atoms with Crippen molar-refractivity contribution in [2.75, 3.05) is 11.4 Å². The quantitative estimate of drug-likeness (QED) is 0.715. The molecule has 1 heterocycles. The number of aromatic hydroxyl groups is 1. The fourth-order valence-corrected chi connectivity index (χ4v) is 2.37. The maximum atomic E-state index is 12.4. The monoisotopic (exact) mass is 328 g/mol. The molecule has 0 fully saturated rings. The lowest BCUT2D eigenvalue weighted by Crippen LogP contribution is -2.13. The number of carbonyl (C=O) groups is 1. The van der Waals surface area contributed by atoms with E-state index in [2.05, 4.69) is 10.3 Å². The third-order valence-corrected chi connectivity index (χ3v) is 3.45. The van der Waals surface area contributed by atoms with Crippen LogP contribution in [-0.4, -0.2) is 22.1 Å². The van der Waals surface area contributed by atoms with Gasteiger partial charge in [0.1, 0.15) is 11.3 Å². The second-order valence-electron chi connectivity index (χ2n) is 4.74. The largest absolute Gasteiger partial charge is 0.505 e. The van der Waals surface area contributed by atoms with Crippen molar-refractivity contribution in [3.05, 3.63) is 60.3 Å². The molecule has 5 nitrogen and oxygen atoms in total. The second-order valence-corrected chi connectivity index (χ2v) is 4.96. The van der Waals surface area contributed by atoms with E-state index in [1.165, 1.54) is 0 Å². The van der Waals surface area contributed by atoms with E-state index in [0.717, 1.165) is 5.39 Å². The Hall–Kier alpha value is -2.79. The van der Waals surface area contributed by atoms with E-state index in [4.69, 9.17) is 16.3 Å². The zero-order valence-corrected chi connectivity index (χ0v) is 12.7. The lowest BCUT2D eigenvalue weighted by atomic mass is 10.1. The highest BCUT2D eigenvalue weighted by atomic mass is 35.5. The molecular formula is C17H13ClN2O3. The molecule has 2 N–H and O–H groups in total. The normalized spacial score (nSPS) is 10.5. The van der Waals surface area contributed by atoms with Crippen LogP contribution in [0, 0.1) is 0 Å². The van der Waals surface area contributed by atoms with E-state index < -0.39 is 5.91 Å². The Kier molecular flexibility index (Phi) is 4.30. The molecule has 0 saturated heterocycles. The highest BCUT2D eigenvalue weighted by molar-refractivity contribution is 6.17. The number of nitrogens with one attached hydrogen (secondary N) is 1. The number of rotatable bonds is 4. The number of pyridine rings is 1. The number of phenolic OH excluding ortho intramolecular Hbond substituents is 1. The van der Waals surface area contributed by atoms with Gasteiger partial charge in [-0.2, -0.15) is 0 Å². The van der Waals surface area contributed by atoms with Crippen molar-refractivity contribution in [2.24, 2.45) is 0 Å². The van der Waals surface area contributed by atoms with Crippen molar-refractivity contribution in [2.45, 2.75) is 0 Å². The molecule has 1 aromatic heterocycles. The van der Waals surface area contributed by atoms with Gasteiger partial charge in [-0.15, -0.1) is 0 Å². The van der Waals surface area contributed by atoms with Crippen LogP contribution in [0.3, 0.4) is 0 Å². The van der Waals surface area contributed by atoms with Gasteiger partial charge in [-0.25, -0.2) is 0 Å². The minimum absolute atomic E-state index is 0.0297. The number of nitrogens with zero attached hydrogens (tertiary/aromatic N) is 1. The van der Waals surface area contributed by atoms with Crippen LogP contribution in [-0.2, 0) is 0 Å². The fraction of sp³-hybridized carbons (Fsp3) is 0.0588. The molecule has 0 bridgehead atoms. The Labute approximate surface area is 137 Å². The topological polar surface area (TPSA) is 71.5 Å². The smallest absolute Gasteiger partial charge is 0.259 e. The van der Waals surface area contributed by atoms with Crippen LogP contribution in [0.4, 0.5) is 5.69 Å². The summed E-state index contributed by atoms with van der Waals surface area (Å²) in [6, 6.07) is 13.8. The highest BCUT2D eigenvalue weighted by Gasteiger charge is 2.16. The standard InChI is InChI=1S/C17H13ClN2O3/c18-10-23-14-6-2-1-5-13(14)20-17(22)12-8-7-11-4-3-9-19-15(11)16(12)21/h1-9,21H,10H2,(H,20,22). The average Bonchev–Trinajstić information content (AvgIpc) is 2.57. The van der Waals surface area contributed by atoms with E-state index >= 15 is 0 Å². The predicted molar refractivity (Wildman–Crippen MR) is 89.2 cm³/mol. The van der Waals surface area contributed by atoms with Crippen LogP contribution in [0.25, 0.3) is 10.9 Å². The molecule has 0 saturated carbocycles. The first-order chi connectivity index (χ1) is 11.2. The van der Waals surface area contributed by atoms with Gasteiger partial charge in [-0.1, -0.05) is 35.9 Å². The van der Waals surface area contributed by atoms with E-state index in [1.54, 1.807) is 48.7 Å². The Balaban J connectivity index is 1.94. The summed E-state index contributed by atoms with van der Waals surface area (Å²) < 4.78 is 5.25. The van der Waals surface area contributed by atoms with Gasteiger partial charge in [0.2, 0.25) is 0 Å². The van der Waals surface area contributed by atoms with Gasteiger partial charge in [0.15, 0.2) is 11.8 Å². The Bertz CT molecular complexity index is 867. The zero-order valence-electron chi connectivity index (χ0n) is 12.0. The van der Waals surface area contributed by atoms with E-state index in [1.807, 2.05) is 6.07 Å². The summed E-state index contributed by atoms with van der Waals surface area (Å²) in [4.78, 5) is 16.6. The zero-order chi connectivity index (χ0) is 16.2. The number of phenols is 1. The molecule has 0 unspecified atom stereocenters. The SMILES string of the molecule is O=C(Nc1ccccc1OCCl)c1ccc2cccnc2c1O. The number of carbonyl (C=O) groups excluding carboxylic acids is 1. The molecule has 0 aliphatic rings. The van der Waals surface area contributed by atoms with Gasteiger partial charge in [0.05, 0.1) is 11.3 Å². The summed E-state index contributed by atoms with van der Waals surface area (Å²) in [6.45, 7) is 0. The summed E-state index contributed by atoms with van der Waals surface area (Å²) in [7, 11) is 0. The molecule has 116 valence electrons. The minimum atomic E-state index is -0.458. The van der Waals surface area contributed by atoms with Gasteiger partial charge < -0.3 is 15.2 Å².